The third-order valence-electron chi connectivity index (χ3n) is 2.35. The van der Waals surface area contributed by atoms with Crippen LogP contribution in [0.4, 0.5) is 4.39 Å². The normalized spacial score (nSPS) is 10.6. The van der Waals surface area contributed by atoms with Crippen molar-refractivity contribution in [2.45, 2.75) is 0 Å². The third kappa shape index (κ3) is 3.72. The minimum absolute atomic E-state index is 0.333. The minimum atomic E-state index is -0.346. The van der Waals surface area contributed by atoms with Gasteiger partial charge < -0.3 is 0 Å². The average Bonchev–Trinajstić information content (AvgIpc) is 2.39. The molecule has 1 amide bonds. The highest BCUT2D eigenvalue weighted by molar-refractivity contribution is 9.10. The van der Waals surface area contributed by atoms with Crippen LogP contribution in [0.2, 0.25) is 0 Å². The molecule has 0 atom stereocenters. The van der Waals surface area contributed by atoms with Crippen molar-refractivity contribution in [3.63, 3.8) is 0 Å². The number of halogens is 2. The Morgan fingerprint density at radius 3 is 2.74 bits per heavy atom. The summed E-state index contributed by atoms with van der Waals surface area (Å²) in [7, 11) is 0. The number of hydrogen-bond donors (Lipinski definition) is 1. The van der Waals surface area contributed by atoms with Gasteiger partial charge in [-0.2, -0.15) is 5.10 Å². The zero-order valence-electron chi connectivity index (χ0n) is 9.81. The number of hydrazone groups is 1. The molecule has 0 spiro atoms. The number of carbonyl (C=O) groups is 1. The summed E-state index contributed by atoms with van der Waals surface area (Å²) in [6.07, 6.45) is 1.39. The Hall–Kier alpha value is -2.01. The molecular weight excluding hydrogens is 311 g/mol. The van der Waals surface area contributed by atoms with E-state index in [0.29, 0.717) is 15.6 Å². The van der Waals surface area contributed by atoms with Gasteiger partial charge in [0.15, 0.2) is 0 Å². The standard InChI is InChI=1S/C14H10BrFN2O/c15-13-7-2-1-6-12(13)14(19)18-17-9-10-4-3-5-11(16)8-10/h1-9H,(H,18,19)/b17-9-. The summed E-state index contributed by atoms with van der Waals surface area (Å²) >= 11 is 3.28. The molecule has 0 heterocycles. The first kappa shape index (κ1) is 13.4. The Bertz CT molecular complexity index is 628. The van der Waals surface area contributed by atoms with Gasteiger partial charge in [-0.1, -0.05) is 24.3 Å². The molecule has 0 aliphatic heterocycles. The van der Waals surface area contributed by atoms with Crippen molar-refractivity contribution >= 4 is 28.1 Å². The molecule has 96 valence electrons. The van der Waals surface area contributed by atoms with E-state index in [-0.39, 0.29) is 11.7 Å². The SMILES string of the molecule is O=C(N/N=C\c1cccc(F)c1)c1ccccc1Br. The second kappa shape index (κ2) is 6.24. The highest BCUT2D eigenvalue weighted by Crippen LogP contribution is 2.15. The van der Waals surface area contributed by atoms with E-state index in [2.05, 4.69) is 26.5 Å². The fourth-order valence-electron chi connectivity index (χ4n) is 1.46. The lowest BCUT2D eigenvalue weighted by Gasteiger charge is -2.01. The van der Waals surface area contributed by atoms with Gasteiger partial charge in [-0.15, -0.1) is 0 Å². The summed E-state index contributed by atoms with van der Waals surface area (Å²) in [4.78, 5) is 11.8. The van der Waals surface area contributed by atoms with Gasteiger partial charge in [0.05, 0.1) is 11.8 Å². The van der Waals surface area contributed by atoms with Crippen LogP contribution in [-0.4, -0.2) is 12.1 Å². The zero-order valence-corrected chi connectivity index (χ0v) is 11.4. The fraction of sp³-hybridized carbons (Fsp3) is 0. The summed E-state index contributed by atoms with van der Waals surface area (Å²) in [5, 5.41) is 3.79. The Labute approximate surface area is 118 Å². The summed E-state index contributed by atoms with van der Waals surface area (Å²) in [6.45, 7) is 0. The van der Waals surface area contributed by atoms with Crippen LogP contribution < -0.4 is 5.43 Å². The van der Waals surface area contributed by atoms with Crippen LogP contribution in [0, 0.1) is 5.82 Å². The van der Waals surface area contributed by atoms with Crippen LogP contribution in [0.3, 0.4) is 0 Å². The van der Waals surface area contributed by atoms with Crippen LogP contribution in [0.5, 0.6) is 0 Å². The zero-order chi connectivity index (χ0) is 13.7. The van der Waals surface area contributed by atoms with Crippen LogP contribution in [-0.2, 0) is 0 Å². The first-order chi connectivity index (χ1) is 9.16. The number of hydrogen-bond acceptors (Lipinski definition) is 2. The third-order valence-corrected chi connectivity index (χ3v) is 3.04. The van der Waals surface area contributed by atoms with Gasteiger partial charge in [-0.05, 0) is 45.8 Å². The molecule has 2 rings (SSSR count). The fourth-order valence-corrected chi connectivity index (χ4v) is 1.92. The lowest BCUT2D eigenvalue weighted by molar-refractivity contribution is 0.0954. The molecule has 0 unspecified atom stereocenters. The van der Waals surface area contributed by atoms with Crippen molar-refractivity contribution in [3.05, 3.63) is 69.9 Å². The lowest BCUT2D eigenvalue weighted by atomic mass is 10.2. The van der Waals surface area contributed by atoms with Crippen LogP contribution in [0.15, 0.2) is 58.1 Å². The van der Waals surface area contributed by atoms with Gasteiger partial charge in [0, 0.05) is 4.47 Å². The maximum atomic E-state index is 12.9. The van der Waals surface area contributed by atoms with E-state index in [1.165, 1.54) is 18.3 Å². The van der Waals surface area contributed by atoms with Crippen LogP contribution in [0.1, 0.15) is 15.9 Å². The summed E-state index contributed by atoms with van der Waals surface area (Å²) in [6, 6.07) is 13.0. The molecule has 0 saturated heterocycles. The smallest absolute Gasteiger partial charge is 0.267 e. The second-order valence-corrected chi connectivity index (χ2v) is 4.59. The molecule has 2 aromatic carbocycles. The van der Waals surface area contributed by atoms with Gasteiger partial charge in [0.25, 0.3) is 5.91 Å². The van der Waals surface area contributed by atoms with Gasteiger partial charge >= 0.3 is 0 Å². The van der Waals surface area contributed by atoms with E-state index in [1.54, 1.807) is 30.3 Å². The molecule has 19 heavy (non-hydrogen) atoms. The van der Waals surface area contributed by atoms with Crippen LogP contribution >= 0.6 is 15.9 Å². The minimum Gasteiger partial charge on any atom is -0.267 e. The summed E-state index contributed by atoms with van der Waals surface area (Å²) < 4.78 is 13.6. The van der Waals surface area contributed by atoms with Crippen molar-refractivity contribution in [3.8, 4) is 0 Å². The highest BCUT2D eigenvalue weighted by Gasteiger charge is 2.07. The van der Waals surface area contributed by atoms with Gasteiger partial charge in [-0.3, -0.25) is 4.79 Å². The van der Waals surface area contributed by atoms with Crippen molar-refractivity contribution in [1.29, 1.82) is 0 Å². The molecule has 0 saturated carbocycles. The van der Waals surface area contributed by atoms with E-state index in [9.17, 15) is 9.18 Å². The predicted molar refractivity (Wildman–Crippen MR) is 75.6 cm³/mol. The summed E-state index contributed by atoms with van der Waals surface area (Å²) in [5.41, 5.74) is 3.45. The maximum absolute atomic E-state index is 12.9. The van der Waals surface area contributed by atoms with E-state index >= 15 is 0 Å². The maximum Gasteiger partial charge on any atom is 0.272 e. The molecule has 0 radical (unpaired) electrons. The summed E-state index contributed by atoms with van der Waals surface area (Å²) in [5.74, 6) is -0.679. The van der Waals surface area contributed by atoms with E-state index < -0.39 is 0 Å². The molecule has 1 N–H and O–H groups in total. The van der Waals surface area contributed by atoms with Gasteiger partial charge in [0.2, 0.25) is 0 Å². The van der Waals surface area contributed by atoms with Crippen molar-refractivity contribution in [1.82, 2.24) is 5.43 Å². The number of nitrogens with zero attached hydrogens (tertiary/aromatic N) is 1. The average molecular weight is 321 g/mol. The monoisotopic (exact) mass is 320 g/mol. The molecule has 0 aromatic heterocycles. The van der Waals surface area contributed by atoms with E-state index in [1.807, 2.05) is 6.07 Å². The van der Waals surface area contributed by atoms with Gasteiger partial charge in [-0.25, -0.2) is 9.82 Å². The van der Waals surface area contributed by atoms with Crippen molar-refractivity contribution in [2.75, 3.05) is 0 Å². The number of benzene rings is 2. The Morgan fingerprint density at radius 2 is 2.00 bits per heavy atom. The lowest BCUT2D eigenvalue weighted by Crippen LogP contribution is -2.18. The molecule has 2 aromatic rings. The molecule has 0 bridgehead atoms. The molecule has 3 nitrogen and oxygen atoms in total. The molecule has 0 aliphatic carbocycles. The molecule has 5 heteroatoms. The molecular formula is C14H10BrFN2O. The van der Waals surface area contributed by atoms with Gasteiger partial charge in [0.1, 0.15) is 5.82 Å². The van der Waals surface area contributed by atoms with Crippen molar-refractivity contribution in [2.24, 2.45) is 5.10 Å². The number of amides is 1. The molecule has 0 fully saturated rings. The van der Waals surface area contributed by atoms with Crippen molar-refractivity contribution < 1.29 is 9.18 Å². The Balaban J connectivity index is 2.03. The number of nitrogens with one attached hydrogen (secondary N) is 1. The highest BCUT2D eigenvalue weighted by atomic mass is 79.9. The largest absolute Gasteiger partial charge is 0.272 e. The first-order valence-electron chi connectivity index (χ1n) is 5.50. The second-order valence-electron chi connectivity index (χ2n) is 3.73. The van der Waals surface area contributed by atoms with E-state index in [0.717, 1.165) is 0 Å². The first-order valence-corrected chi connectivity index (χ1v) is 6.29. The quantitative estimate of drug-likeness (QED) is 0.684. The number of rotatable bonds is 3. The Morgan fingerprint density at radius 1 is 1.21 bits per heavy atom. The van der Waals surface area contributed by atoms with E-state index in [4.69, 9.17) is 0 Å². The Kier molecular flexibility index (Phi) is 4.41. The topological polar surface area (TPSA) is 41.5 Å². The molecule has 0 aliphatic rings. The predicted octanol–water partition coefficient (Wildman–Crippen LogP) is 3.35. The van der Waals surface area contributed by atoms with Crippen LogP contribution in [0.25, 0.3) is 0 Å². The number of carbonyl (C=O) groups excluding carboxylic acids is 1.